The number of carbonyl (C=O) groups is 2. The molecule has 0 saturated carbocycles. The standard InChI is InChI=1S/C33H37IN2O7/c1-41-25-12-13-28(42-2)23(19-25)14-16-36(31(38)18-22-8-4-3-5-9-22)27-20-24(33(40)35-15-17-37)21-30(32(27)39)43-29-11-7-6-10-26(29)34/h3-13,19,21,27,30,32,37,39H,14-18,20H2,1-2H3,(H,35,40). The van der Waals surface area contributed by atoms with Crippen molar-refractivity contribution >= 4 is 34.4 Å². The number of ether oxygens (including phenoxy) is 3. The van der Waals surface area contributed by atoms with Gasteiger partial charge in [0.15, 0.2) is 0 Å². The normalized spacial score (nSPS) is 17.9. The molecule has 9 nitrogen and oxygen atoms in total. The van der Waals surface area contributed by atoms with Gasteiger partial charge in [-0.25, -0.2) is 0 Å². The molecule has 3 atom stereocenters. The van der Waals surface area contributed by atoms with Crippen LogP contribution in [0.2, 0.25) is 0 Å². The molecule has 3 aromatic rings. The van der Waals surface area contributed by atoms with Crippen LogP contribution in [0.15, 0.2) is 84.4 Å². The van der Waals surface area contributed by atoms with Crippen molar-refractivity contribution in [2.24, 2.45) is 0 Å². The molecule has 4 rings (SSSR count). The van der Waals surface area contributed by atoms with E-state index >= 15 is 0 Å². The second kappa shape index (κ2) is 15.7. The van der Waals surface area contributed by atoms with Gasteiger partial charge >= 0.3 is 0 Å². The van der Waals surface area contributed by atoms with Crippen LogP contribution in [-0.4, -0.2) is 79.1 Å². The fraction of sp³-hybridized carbons (Fsp3) is 0.333. The second-order valence-electron chi connectivity index (χ2n) is 10.1. The Kier molecular flexibility index (Phi) is 11.8. The summed E-state index contributed by atoms with van der Waals surface area (Å²) >= 11 is 2.15. The number of amides is 2. The molecule has 1 aliphatic carbocycles. The molecule has 2 amide bonds. The molecular weight excluding hydrogens is 663 g/mol. The molecule has 3 N–H and O–H groups in total. The van der Waals surface area contributed by atoms with E-state index in [0.29, 0.717) is 29.2 Å². The number of benzene rings is 3. The Morgan fingerprint density at radius 1 is 1.00 bits per heavy atom. The third-order valence-corrected chi connectivity index (χ3v) is 8.23. The highest BCUT2D eigenvalue weighted by Crippen LogP contribution is 2.31. The van der Waals surface area contributed by atoms with E-state index < -0.39 is 18.2 Å². The Morgan fingerprint density at radius 3 is 2.44 bits per heavy atom. The fourth-order valence-corrected chi connectivity index (χ4v) is 5.65. The molecule has 10 heteroatoms. The number of nitrogens with zero attached hydrogens (tertiary/aromatic N) is 1. The van der Waals surface area contributed by atoms with Crippen LogP contribution in [0.5, 0.6) is 17.2 Å². The summed E-state index contributed by atoms with van der Waals surface area (Å²) in [5.74, 6) is 1.30. The van der Waals surface area contributed by atoms with Crippen LogP contribution < -0.4 is 19.5 Å². The van der Waals surface area contributed by atoms with Gasteiger partial charge in [-0.05, 0) is 76.5 Å². The van der Waals surface area contributed by atoms with Gasteiger partial charge < -0.3 is 34.6 Å². The van der Waals surface area contributed by atoms with E-state index in [0.717, 1.165) is 14.7 Å². The summed E-state index contributed by atoms with van der Waals surface area (Å²) < 4.78 is 18.1. The van der Waals surface area contributed by atoms with Crippen molar-refractivity contribution in [1.82, 2.24) is 10.2 Å². The van der Waals surface area contributed by atoms with E-state index in [1.807, 2.05) is 60.7 Å². The molecule has 0 spiro atoms. The van der Waals surface area contributed by atoms with Crippen molar-refractivity contribution in [3.05, 3.63) is 99.1 Å². The van der Waals surface area contributed by atoms with Gasteiger partial charge in [-0.2, -0.15) is 0 Å². The smallest absolute Gasteiger partial charge is 0.247 e. The van der Waals surface area contributed by atoms with Crippen LogP contribution in [0.25, 0.3) is 0 Å². The maximum Gasteiger partial charge on any atom is 0.247 e. The van der Waals surface area contributed by atoms with Crippen molar-refractivity contribution in [2.45, 2.75) is 37.5 Å². The fourth-order valence-electron chi connectivity index (χ4n) is 5.13. The molecule has 0 aliphatic heterocycles. The molecule has 0 fully saturated rings. The van der Waals surface area contributed by atoms with E-state index in [1.54, 1.807) is 37.3 Å². The van der Waals surface area contributed by atoms with E-state index in [1.165, 1.54) is 0 Å². The van der Waals surface area contributed by atoms with Crippen LogP contribution >= 0.6 is 22.6 Å². The van der Waals surface area contributed by atoms with Gasteiger partial charge in [-0.15, -0.1) is 0 Å². The first-order chi connectivity index (χ1) is 20.8. The Balaban J connectivity index is 1.69. The van der Waals surface area contributed by atoms with Crippen molar-refractivity contribution in [3.8, 4) is 17.2 Å². The van der Waals surface area contributed by atoms with Crippen molar-refractivity contribution < 1.29 is 34.0 Å². The molecule has 0 radical (unpaired) electrons. The van der Waals surface area contributed by atoms with E-state index in [2.05, 4.69) is 27.9 Å². The van der Waals surface area contributed by atoms with Gasteiger partial charge in [-0.1, -0.05) is 42.5 Å². The Morgan fingerprint density at radius 2 is 1.74 bits per heavy atom. The van der Waals surface area contributed by atoms with Gasteiger partial charge in [0.2, 0.25) is 11.8 Å². The van der Waals surface area contributed by atoms with Crippen molar-refractivity contribution in [3.63, 3.8) is 0 Å². The number of nitrogens with one attached hydrogen (secondary N) is 1. The summed E-state index contributed by atoms with van der Waals surface area (Å²) in [6.45, 7) is 0.118. The molecule has 3 unspecified atom stereocenters. The molecule has 0 heterocycles. The zero-order valence-corrected chi connectivity index (χ0v) is 26.4. The Hall–Kier alpha value is -3.61. The highest BCUT2D eigenvalue weighted by molar-refractivity contribution is 14.1. The first-order valence-electron chi connectivity index (χ1n) is 14.1. The average molecular weight is 701 g/mol. The number of aliphatic hydroxyl groups is 2. The summed E-state index contributed by atoms with van der Waals surface area (Å²) in [5.41, 5.74) is 2.05. The van der Waals surface area contributed by atoms with Crippen LogP contribution in [0.3, 0.4) is 0 Å². The molecule has 43 heavy (non-hydrogen) atoms. The van der Waals surface area contributed by atoms with Crippen LogP contribution in [0, 0.1) is 3.57 Å². The van der Waals surface area contributed by atoms with E-state index in [4.69, 9.17) is 14.2 Å². The van der Waals surface area contributed by atoms with Gasteiger partial charge in [0, 0.05) is 25.1 Å². The van der Waals surface area contributed by atoms with Crippen molar-refractivity contribution in [2.75, 3.05) is 33.9 Å². The molecule has 0 saturated heterocycles. The largest absolute Gasteiger partial charge is 0.497 e. The number of para-hydroxylation sites is 1. The topological polar surface area (TPSA) is 118 Å². The number of methoxy groups -OCH3 is 2. The number of hydrogen-bond acceptors (Lipinski definition) is 7. The monoisotopic (exact) mass is 700 g/mol. The Bertz CT molecular complexity index is 1420. The minimum absolute atomic E-state index is 0.0811. The molecule has 0 aromatic heterocycles. The molecule has 0 bridgehead atoms. The third kappa shape index (κ3) is 8.49. The van der Waals surface area contributed by atoms with Crippen LogP contribution in [0.1, 0.15) is 17.5 Å². The maximum absolute atomic E-state index is 14.0. The van der Waals surface area contributed by atoms with Gasteiger partial charge in [0.1, 0.15) is 29.5 Å². The lowest BCUT2D eigenvalue weighted by molar-refractivity contribution is -0.137. The number of hydrogen-bond donors (Lipinski definition) is 3. The number of carbonyl (C=O) groups excluding carboxylic acids is 2. The third-order valence-electron chi connectivity index (χ3n) is 7.34. The SMILES string of the molecule is COc1ccc(OC)c(CCN(C(=O)Cc2ccccc2)C2CC(C(=O)NCCO)=CC(Oc3ccccc3I)C2O)c1. The van der Waals surface area contributed by atoms with Gasteiger partial charge in [0.25, 0.3) is 0 Å². The maximum atomic E-state index is 14.0. The van der Waals surface area contributed by atoms with Gasteiger partial charge in [0.05, 0.1) is 36.9 Å². The summed E-state index contributed by atoms with van der Waals surface area (Å²) in [7, 11) is 3.17. The number of rotatable bonds is 13. The highest BCUT2D eigenvalue weighted by Gasteiger charge is 2.40. The molecule has 1 aliphatic rings. The summed E-state index contributed by atoms with van der Waals surface area (Å²) in [6, 6.07) is 21.5. The lowest BCUT2D eigenvalue weighted by Crippen LogP contribution is -2.56. The predicted molar refractivity (Wildman–Crippen MR) is 171 cm³/mol. The summed E-state index contributed by atoms with van der Waals surface area (Å²) in [4.78, 5) is 28.8. The number of aliphatic hydroxyl groups excluding tert-OH is 2. The average Bonchev–Trinajstić information content (AvgIpc) is 3.02. The quantitative estimate of drug-likeness (QED) is 0.234. The summed E-state index contributed by atoms with van der Waals surface area (Å²) in [6.07, 6.45) is 0.237. The highest BCUT2D eigenvalue weighted by atomic mass is 127. The van der Waals surface area contributed by atoms with Gasteiger partial charge in [-0.3, -0.25) is 9.59 Å². The second-order valence-corrected chi connectivity index (χ2v) is 11.3. The minimum Gasteiger partial charge on any atom is -0.497 e. The van der Waals surface area contributed by atoms with Crippen molar-refractivity contribution in [1.29, 1.82) is 0 Å². The molecule has 228 valence electrons. The zero-order valence-electron chi connectivity index (χ0n) is 24.2. The van der Waals surface area contributed by atoms with Crippen LogP contribution in [0.4, 0.5) is 0 Å². The molecule has 3 aromatic carbocycles. The van der Waals surface area contributed by atoms with E-state index in [9.17, 15) is 19.8 Å². The van der Waals surface area contributed by atoms with Crippen LogP contribution in [-0.2, 0) is 22.4 Å². The van der Waals surface area contributed by atoms with E-state index in [-0.39, 0.29) is 44.4 Å². The Labute approximate surface area is 265 Å². The predicted octanol–water partition coefficient (Wildman–Crippen LogP) is 3.54. The summed E-state index contributed by atoms with van der Waals surface area (Å²) in [5, 5.41) is 23.7. The lowest BCUT2D eigenvalue weighted by Gasteiger charge is -2.40. The molecular formula is C33H37IN2O7. The first kappa shape index (κ1) is 32.3. The number of halogens is 1. The minimum atomic E-state index is -1.13. The zero-order chi connectivity index (χ0) is 30.8. The first-order valence-corrected chi connectivity index (χ1v) is 15.2. The lowest BCUT2D eigenvalue weighted by atomic mass is 9.87.